The van der Waals surface area contributed by atoms with Gasteiger partial charge in [0, 0.05) is 12.5 Å². The molecule has 2 atom stereocenters. The molecule has 1 fully saturated rings. The van der Waals surface area contributed by atoms with E-state index in [1.807, 2.05) is 30.4 Å². The van der Waals surface area contributed by atoms with Crippen LogP contribution in [0.3, 0.4) is 0 Å². The van der Waals surface area contributed by atoms with Gasteiger partial charge in [-0.2, -0.15) is 0 Å². The number of hydrogen-bond acceptors (Lipinski definition) is 2. The van der Waals surface area contributed by atoms with Crippen molar-refractivity contribution in [3.05, 3.63) is 60.9 Å². The first kappa shape index (κ1) is 12.7. The monoisotopic (exact) mass is 240 g/mol. The second-order valence-electron chi connectivity index (χ2n) is 4.25. The van der Waals surface area contributed by atoms with E-state index in [2.05, 4.69) is 18.9 Å². The zero-order valence-electron chi connectivity index (χ0n) is 10.2. The van der Waals surface area contributed by atoms with Gasteiger partial charge in [-0.15, -0.1) is 12.3 Å². The van der Waals surface area contributed by atoms with Crippen molar-refractivity contribution >= 4 is 6.08 Å². The molecule has 1 aromatic rings. The smallest absolute Gasteiger partial charge is 0.140 e. The molecule has 0 saturated carbocycles. The van der Waals surface area contributed by atoms with Crippen LogP contribution >= 0.6 is 0 Å². The van der Waals surface area contributed by atoms with Crippen LogP contribution in [0, 0.1) is 18.4 Å². The molecule has 2 radical (unpaired) electrons. The van der Waals surface area contributed by atoms with Gasteiger partial charge in [0.25, 0.3) is 0 Å². The first-order chi connectivity index (χ1) is 8.79. The Bertz CT molecular complexity index is 452. The van der Waals surface area contributed by atoms with Crippen LogP contribution in [0.4, 0.5) is 0 Å². The molecular weight excluding hydrogens is 224 g/mol. The van der Waals surface area contributed by atoms with Crippen LogP contribution in [-0.4, -0.2) is 11.7 Å². The SMILES string of the molecule is C=CC1CCO[C]C1C=C=Cc1ccc(O)cc1. The van der Waals surface area contributed by atoms with Gasteiger partial charge in [-0.25, -0.2) is 0 Å². The zero-order valence-corrected chi connectivity index (χ0v) is 10.2. The highest BCUT2D eigenvalue weighted by molar-refractivity contribution is 5.49. The van der Waals surface area contributed by atoms with Crippen LogP contribution in [0.25, 0.3) is 6.08 Å². The molecule has 0 bridgehead atoms. The van der Waals surface area contributed by atoms with Gasteiger partial charge in [-0.05, 0) is 42.2 Å². The molecule has 2 nitrogen and oxygen atoms in total. The summed E-state index contributed by atoms with van der Waals surface area (Å²) in [6.45, 7) is 7.51. The minimum absolute atomic E-state index is 0.115. The van der Waals surface area contributed by atoms with Crippen molar-refractivity contribution in [3.8, 4) is 5.75 Å². The van der Waals surface area contributed by atoms with Gasteiger partial charge in [-0.3, -0.25) is 0 Å². The van der Waals surface area contributed by atoms with E-state index in [0.717, 1.165) is 12.0 Å². The number of phenolic OH excluding ortho intramolecular Hbond substituents is 1. The summed E-state index contributed by atoms with van der Waals surface area (Å²) in [6, 6.07) is 6.99. The Morgan fingerprint density at radius 2 is 2.17 bits per heavy atom. The maximum atomic E-state index is 9.17. The number of hydrogen-bond donors (Lipinski definition) is 1. The fourth-order valence-corrected chi connectivity index (χ4v) is 1.86. The van der Waals surface area contributed by atoms with Crippen LogP contribution in [-0.2, 0) is 4.74 Å². The Labute approximate surface area is 108 Å². The Balaban J connectivity index is 2.04. The number of phenols is 1. The summed E-state index contributed by atoms with van der Waals surface area (Å²) in [5.41, 5.74) is 4.13. The Morgan fingerprint density at radius 1 is 1.39 bits per heavy atom. The molecule has 18 heavy (non-hydrogen) atoms. The van der Waals surface area contributed by atoms with Gasteiger partial charge in [0.2, 0.25) is 0 Å². The normalized spacial score (nSPS) is 22.9. The summed E-state index contributed by atoms with van der Waals surface area (Å²) < 4.78 is 5.22. The zero-order chi connectivity index (χ0) is 12.8. The molecule has 2 heteroatoms. The fraction of sp³-hybridized carbons (Fsp3) is 0.250. The summed E-state index contributed by atoms with van der Waals surface area (Å²) in [6.07, 6.45) is 6.73. The molecular formula is C16H16O2. The summed E-state index contributed by atoms with van der Waals surface area (Å²) in [7, 11) is 0. The predicted octanol–water partition coefficient (Wildman–Crippen LogP) is 3.44. The Kier molecular flexibility index (Phi) is 4.40. The second kappa shape index (κ2) is 6.25. The van der Waals surface area contributed by atoms with E-state index in [4.69, 9.17) is 4.74 Å². The van der Waals surface area contributed by atoms with Gasteiger partial charge in [0.05, 0.1) is 0 Å². The van der Waals surface area contributed by atoms with E-state index in [-0.39, 0.29) is 11.7 Å². The van der Waals surface area contributed by atoms with Gasteiger partial charge in [-0.1, -0.05) is 18.2 Å². The third kappa shape index (κ3) is 3.36. The third-order valence-electron chi connectivity index (χ3n) is 2.96. The molecule has 0 aromatic heterocycles. The quantitative estimate of drug-likeness (QED) is 0.648. The van der Waals surface area contributed by atoms with E-state index in [1.165, 1.54) is 0 Å². The summed E-state index contributed by atoms with van der Waals surface area (Å²) in [5.74, 6) is 0.759. The van der Waals surface area contributed by atoms with E-state index in [9.17, 15) is 5.11 Å². The van der Waals surface area contributed by atoms with Gasteiger partial charge >= 0.3 is 0 Å². The van der Waals surface area contributed by atoms with Crippen molar-refractivity contribution in [2.24, 2.45) is 11.8 Å². The molecule has 1 aliphatic rings. The molecule has 1 saturated heterocycles. The Morgan fingerprint density at radius 3 is 2.89 bits per heavy atom. The molecule has 1 aliphatic heterocycles. The largest absolute Gasteiger partial charge is 0.508 e. The number of aromatic hydroxyl groups is 1. The molecule has 0 aliphatic carbocycles. The minimum Gasteiger partial charge on any atom is -0.508 e. The van der Waals surface area contributed by atoms with Crippen molar-refractivity contribution in [3.63, 3.8) is 0 Å². The average molecular weight is 240 g/mol. The first-order valence-corrected chi connectivity index (χ1v) is 6.01. The topological polar surface area (TPSA) is 29.5 Å². The van der Waals surface area contributed by atoms with E-state index in [0.29, 0.717) is 12.5 Å². The number of allylic oxidation sites excluding steroid dienone is 1. The molecule has 2 rings (SSSR count). The fourth-order valence-electron chi connectivity index (χ4n) is 1.86. The average Bonchev–Trinajstić information content (AvgIpc) is 2.41. The highest BCUT2D eigenvalue weighted by Crippen LogP contribution is 2.26. The van der Waals surface area contributed by atoms with Gasteiger partial charge in [0.15, 0.2) is 0 Å². The lowest BCUT2D eigenvalue weighted by Gasteiger charge is -2.24. The maximum absolute atomic E-state index is 9.17. The van der Waals surface area contributed by atoms with Crippen LogP contribution in [0.15, 0.2) is 48.7 Å². The maximum Gasteiger partial charge on any atom is 0.140 e. The lowest BCUT2D eigenvalue weighted by atomic mass is 9.88. The van der Waals surface area contributed by atoms with Crippen molar-refractivity contribution in [2.45, 2.75) is 6.42 Å². The molecule has 1 N–H and O–H groups in total. The van der Waals surface area contributed by atoms with Crippen molar-refractivity contribution in [1.29, 1.82) is 0 Å². The van der Waals surface area contributed by atoms with Crippen LogP contribution in [0.5, 0.6) is 5.75 Å². The second-order valence-corrected chi connectivity index (χ2v) is 4.25. The summed E-state index contributed by atoms with van der Waals surface area (Å²) in [4.78, 5) is 0. The van der Waals surface area contributed by atoms with Crippen molar-refractivity contribution in [1.82, 2.24) is 0 Å². The molecule has 1 aromatic carbocycles. The standard InChI is InChI=1S/C16H16O2/c1-2-14-10-11-18-12-15(14)5-3-4-13-6-8-16(17)9-7-13/h2,4-9,14-15,17H,1,10-11H2. The van der Waals surface area contributed by atoms with Crippen LogP contribution in [0.2, 0.25) is 0 Å². The number of ether oxygens (including phenoxy) is 1. The molecule has 0 spiro atoms. The van der Waals surface area contributed by atoms with Crippen LogP contribution < -0.4 is 0 Å². The lowest BCUT2D eigenvalue weighted by molar-refractivity contribution is 0.108. The Hall–Kier alpha value is -1.76. The van der Waals surface area contributed by atoms with E-state index >= 15 is 0 Å². The highest BCUT2D eigenvalue weighted by atomic mass is 16.5. The van der Waals surface area contributed by atoms with E-state index < -0.39 is 0 Å². The predicted molar refractivity (Wildman–Crippen MR) is 71.6 cm³/mol. The summed E-state index contributed by atoms with van der Waals surface area (Å²) >= 11 is 0. The first-order valence-electron chi connectivity index (χ1n) is 6.01. The van der Waals surface area contributed by atoms with E-state index in [1.54, 1.807) is 12.1 Å². The highest BCUT2D eigenvalue weighted by Gasteiger charge is 2.21. The third-order valence-corrected chi connectivity index (χ3v) is 2.96. The number of rotatable bonds is 3. The van der Waals surface area contributed by atoms with Crippen molar-refractivity contribution in [2.75, 3.05) is 6.61 Å². The van der Waals surface area contributed by atoms with Gasteiger partial charge < -0.3 is 9.84 Å². The van der Waals surface area contributed by atoms with Crippen LogP contribution in [0.1, 0.15) is 12.0 Å². The lowest BCUT2D eigenvalue weighted by Crippen LogP contribution is -2.20. The van der Waals surface area contributed by atoms with Crippen molar-refractivity contribution < 1.29 is 9.84 Å². The number of benzene rings is 1. The molecule has 2 unspecified atom stereocenters. The molecule has 0 amide bonds. The summed E-state index contributed by atoms with van der Waals surface area (Å²) in [5, 5.41) is 9.17. The van der Waals surface area contributed by atoms with Gasteiger partial charge in [0.1, 0.15) is 12.4 Å². The molecule has 92 valence electrons. The molecule has 1 heterocycles. The minimum atomic E-state index is 0.115.